The van der Waals surface area contributed by atoms with Crippen molar-refractivity contribution in [3.8, 4) is 0 Å². The van der Waals surface area contributed by atoms with E-state index < -0.39 is 0 Å². The van der Waals surface area contributed by atoms with Gasteiger partial charge in [0.15, 0.2) is 0 Å². The molecular weight excluding hydrogens is 220 g/mol. The minimum absolute atomic E-state index is 0.585. The Morgan fingerprint density at radius 1 is 1.22 bits per heavy atom. The zero-order valence-corrected chi connectivity index (χ0v) is 13.3. The van der Waals surface area contributed by atoms with E-state index in [4.69, 9.17) is 0 Å². The summed E-state index contributed by atoms with van der Waals surface area (Å²) < 4.78 is 0. The summed E-state index contributed by atoms with van der Waals surface area (Å²) in [4.78, 5) is 2.60. The Bertz CT molecular complexity index is 215. The Morgan fingerprint density at radius 2 is 1.83 bits per heavy atom. The second kappa shape index (κ2) is 7.49. The van der Waals surface area contributed by atoms with Gasteiger partial charge in [-0.1, -0.05) is 27.7 Å². The van der Waals surface area contributed by atoms with Gasteiger partial charge in [0, 0.05) is 18.6 Å². The molecule has 108 valence electrons. The van der Waals surface area contributed by atoms with Crippen molar-refractivity contribution in [2.24, 2.45) is 5.41 Å². The van der Waals surface area contributed by atoms with Gasteiger partial charge in [0.2, 0.25) is 0 Å². The maximum atomic E-state index is 3.66. The Morgan fingerprint density at radius 3 is 2.33 bits per heavy atom. The zero-order valence-electron chi connectivity index (χ0n) is 13.3. The number of nitrogens with one attached hydrogen (secondary N) is 1. The fourth-order valence-electron chi connectivity index (χ4n) is 3.01. The molecule has 1 saturated carbocycles. The highest BCUT2D eigenvalue weighted by Crippen LogP contribution is 2.36. The van der Waals surface area contributed by atoms with Crippen LogP contribution in [0.4, 0.5) is 0 Å². The van der Waals surface area contributed by atoms with Gasteiger partial charge in [-0.3, -0.25) is 0 Å². The van der Waals surface area contributed by atoms with E-state index in [1.807, 2.05) is 0 Å². The van der Waals surface area contributed by atoms with Crippen molar-refractivity contribution < 1.29 is 0 Å². The van der Waals surface area contributed by atoms with Gasteiger partial charge < -0.3 is 10.2 Å². The number of hydrogen-bond donors (Lipinski definition) is 1. The van der Waals surface area contributed by atoms with Crippen LogP contribution in [0.25, 0.3) is 0 Å². The third kappa shape index (κ3) is 5.27. The number of nitrogens with zero attached hydrogens (tertiary/aromatic N) is 1. The molecule has 1 aliphatic rings. The normalized spacial score (nSPS) is 22.3. The molecule has 2 heteroatoms. The topological polar surface area (TPSA) is 15.3 Å². The van der Waals surface area contributed by atoms with Gasteiger partial charge in [-0.2, -0.15) is 0 Å². The largest absolute Gasteiger partial charge is 0.313 e. The molecule has 0 aromatic carbocycles. The van der Waals surface area contributed by atoms with Crippen molar-refractivity contribution in [3.63, 3.8) is 0 Å². The summed E-state index contributed by atoms with van der Waals surface area (Å²) in [5, 5.41) is 3.66. The van der Waals surface area contributed by atoms with Crippen LogP contribution in [-0.2, 0) is 0 Å². The van der Waals surface area contributed by atoms with Gasteiger partial charge in [-0.05, 0) is 57.5 Å². The molecule has 0 spiro atoms. The molecule has 0 radical (unpaired) electrons. The number of likely N-dealkylation sites (N-methyl/N-ethyl adjacent to an activating group) is 1. The molecule has 1 aliphatic carbocycles. The predicted octanol–water partition coefficient (Wildman–Crippen LogP) is 3.67. The van der Waals surface area contributed by atoms with E-state index in [2.05, 4.69) is 45.0 Å². The maximum Gasteiger partial charge on any atom is 0.0192 e. The monoisotopic (exact) mass is 254 g/mol. The van der Waals surface area contributed by atoms with Crippen LogP contribution in [0.1, 0.15) is 66.2 Å². The summed E-state index contributed by atoms with van der Waals surface area (Å²) in [6.45, 7) is 11.7. The molecule has 0 saturated heterocycles. The van der Waals surface area contributed by atoms with Gasteiger partial charge in [0.05, 0.1) is 0 Å². The highest BCUT2D eigenvalue weighted by atomic mass is 15.2. The van der Waals surface area contributed by atoms with E-state index in [-0.39, 0.29) is 0 Å². The molecule has 0 heterocycles. The lowest BCUT2D eigenvalue weighted by atomic mass is 9.75. The van der Waals surface area contributed by atoms with Crippen molar-refractivity contribution in [2.75, 3.05) is 20.1 Å². The third-order valence-electron chi connectivity index (χ3n) is 4.62. The lowest BCUT2D eigenvalue weighted by Crippen LogP contribution is -2.45. The van der Waals surface area contributed by atoms with Crippen LogP contribution in [0.15, 0.2) is 0 Å². The van der Waals surface area contributed by atoms with Crippen LogP contribution >= 0.6 is 0 Å². The van der Waals surface area contributed by atoms with Gasteiger partial charge in [0.25, 0.3) is 0 Å². The van der Waals surface area contributed by atoms with E-state index in [9.17, 15) is 0 Å². The van der Waals surface area contributed by atoms with Crippen LogP contribution < -0.4 is 5.32 Å². The molecule has 1 unspecified atom stereocenters. The van der Waals surface area contributed by atoms with Crippen LogP contribution in [0.5, 0.6) is 0 Å². The van der Waals surface area contributed by atoms with Crippen molar-refractivity contribution in [1.29, 1.82) is 0 Å². The third-order valence-corrected chi connectivity index (χ3v) is 4.62. The molecule has 1 N–H and O–H groups in total. The molecule has 1 rings (SSSR count). The molecule has 1 atom stereocenters. The van der Waals surface area contributed by atoms with Crippen molar-refractivity contribution in [1.82, 2.24) is 10.2 Å². The summed E-state index contributed by atoms with van der Waals surface area (Å²) in [7, 11) is 2.32. The van der Waals surface area contributed by atoms with E-state index in [1.165, 1.54) is 45.1 Å². The molecular formula is C16H34N2. The average Bonchev–Trinajstić information content (AvgIpc) is 2.34. The Labute approximate surface area is 115 Å². The van der Waals surface area contributed by atoms with Crippen LogP contribution in [0.2, 0.25) is 0 Å². The molecule has 2 nitrogen and oxygen atoms in total. The molecule has 0 aliphatic heterocycles. The van der Waals surface area contributed by atoms with Gasteiger partial charge in [-0.25, -0.2) is 0 Å². The van der Waals surface area contributed by atoms with Crippen molar-refractivity contribution in [3.05, 3.63) is 0 Å². The quantitative estimate of drug-likeness (QED) is 0.746. The van der Waals surface area contributed by atoms with Crippen molar-refractivity contribution in [2.45, 2.75) is 78.3 Å². The molecule has 18 heavy (non-hydrogen) atoms. The fraction of sp³-hybridized carbons (Fsp3) is 1.00. The average molecular weight is 254 g/mol. The van der Waals surface area contributed by atoms with E-state index in [0.717, 1.165) is 12.6 Å². The van der Waals surface area contributed by atoms with Gasteiger partial charge >= 0.3 is 0 Å². The second-order valence-corrected chi connectivity index (χ2v) is 6.89. The maximum absolute atomic E-state index is 3.66. The first-order valence-electron chi connectivity index (χ1n) is 7.92. The minimum Gasteiger partial charge on any atom is -0.313 e. The first-order chi connectivity index (χ1) is 8.48. The van der Waals surface area contributed by atoms with E-state index in [1.54, 1.807) is 0 Å². The SMILES string of the molecule is CCCNC(CC)CN(C)C1CCC(C)(C)CC1. The summed E-state index contributed by atoms with van der Waals surface area (Å²) in [6.07, 6.45) is 8.02. The van der Waals surface area contributed by atoms with Gasteiger partial charge in [0.1, 0.15) is 0 Å². The first-order valence-corrected chi connectivity index (χ1v) is 7.92. The predicted molar refractivity (Wildman–Crippen MR) is 81.0 cm³/mol. The molecule has 0 bridgehead atoms. The van der Waals surface area contributed by atoms with Crippen LogP contribution in [0, 0.1) is 5.41 Å². The van der Waals surface area contributed by atoms with Gasteiger partial charge in [-0.15, -0.1) is 0 Å². The second-order valence-electron chi connectivity index (χ2n) is 6.89. The van der Waals surface area contributed by atoms with Crippen LogP contribution in [0.3, 0.4) is 0 Å². The molecule has 0 aromatic heterocycles. The smallest absolute Gasteiger partial charge is 0.0192 e. The summed E-state index contributed by atoms with van der Waals surface area (Å²) >= 11 is 0. The fourth-order valence-corrected chi connectivity index (χ4v) is 3.01. The Hall–Kier alpha value is -0.0800. The summed E-state index contributed by atoms with van der Waals surface area (Å²) in [5.41, 5.74) is 0.585. The van der Waals surface area contributed by atoms with Crippen molar-refractivity contribution >= 4 is 0 Å². The first kappa shape index (κ1) is 16.0. The Balaban J connectivity index is 2.33. The summed E-state index contributed by atoms with van der Waals surface area (Å²) in [6, 6.07) is 1.49. The highest BCUT2D eigenvalue weighted by Gasteiger charge is 2.29. The molecule has 0 aromatic rings. The lowest BCUT2D eigenvalue weighted by Gasteiger charge is -2.39. The summed E-state index contributed by atoms with van der Waals surface area (Å²) in [5.74, 6) is 0. The van der Waals surface area contributed by atoms with Crippen LogP contribution in [-0.4, -0.2) is 37.1 Å². The van der Waals surface area contributed by atoms with E-state index in [0.29, 0.717) is 11.5 Å². The molecule has 0 amide bonds. The number of rotatable bonds is 7. The zero-order chi connectivity index (χ0) is 13.6. The highest BCUT2D eigenvalue weighted by molar-refractivity contribution is 4.84. The Kier molecular flexibility index (Phi) is 6.65. The minimum atomic E-state index is 0.585. The number of hydrogen-bond acceptors (Lipinski definition) is 2. The standard InChI is InChI=1S/C16H34N2/c1-6-12-17-14(7-2)13-18(5)15-8-10-16(3,4)11-9-15/h14-15,17H,6-13H2,1-5H3. The molecule has 1 fully saturated rings. The lowest BCUT2D eigenvalue weighted by molar-refractivity contribution is 0.119. The van der Waals surface area contributed by atoms with E-state index >= 15 is 0 Å².